The lowest BCUT2D eigenvalue weighted by Gasteiger charge is -2.47. The highest BCUT2D eigenvalue weighted by Crippen LogP contribution is 2.27. The third-order valence-electron chi connectivity index (χ3n) is 6.33. The van der Waals surface area contributed by atoms with Gasteiger partial charge in [0.2, 0.25) is 0 Å². The van der Waals surface area contributed by atoms with Crippen LogP contribution in [0.5, 0.6) is 0 Å². The lowest BCUT2D eigenvalue weighted by atomic mass is 9.90. The number of carboxylic acid groups (broad SMARTS) is 1. The van der Waals surface area contributed by atoms with Crippen LogP contribution in [0.1, 0.15) is 111 Å². The number of carbonyl (C=O) groups is 1. The van der Waals surface area contributed by atoms with E-state index in [1.54, 1.807) is 0 Å². The Labute approximate surface area is 157 Å². The van der Waals surface area contributed by atoms with Crippen molar-refractivity contribution in [2.24, 2.45) is 0 Å². The monoisotopic (exact) mass is 355 g/mol. The van der Waals surface area contributed by atoms with Crippen molar-refractivity contribution in [2.45, 2.75) is 116 Å². The van der Waals surface area contributed by atoms with Gasteiger partial charge in [-0.15, -0.1) is 0 Å². The van der Waals surface area contributed by atoms with Crippen LogP contribution in [-0.2, 0) is 4.79 Å². The standard InChI is InChI=1S/C22H45NO2/c1-6-8-9-10-11-12-13-14-15-16-17-18-19-20-22(3,21(24)25)23(4,5)7-2/h6-20H2,1-5H3. The summed E-state index contributed by atoms with van der Waals surface area (Å²) < 4.78 is 0.494. The molecule has 0 bridgehead atoms. The Kier molecular flexibility index (Phi) is 13.3. The van der Waals surface area contributed by atoms with Crippen molar-refractivity contribution in [1.82, 2.24) is 0 Å². The maximum absolute atomic E-state index is 11.6. The molecule has 0 aromatic rings. The smallest absolute Gasteiger partial charge is 0.136 e. The molecule has 0 fully saturated rings. The van der Waals surface area contributed by atoms with E-state index in [1.165, 1.54) is 70.6 Å². The number of unbranched alkanes of at least 4 members (excludes halogenated alkanes) is 12. The first-order valence-corrected chi connectivity index (χ1v) is 10.9. The molecule has 25 heavy (non-hydrogen) atoms. The van der Waals surface area contributed by atoms with Crippen molar-refractivity contribution < 1.29 is 14.4 Å². The lowest BCUT2D eigenvalue weighted by molar-refractivity contribution is -0.931. The molecular formula is C22H45NO2. The summed E-state index contributed by atoms with van der Waals surface area (Å²) in [5.41, 5.74) is -0.771. The van der Waals surface area contributed by atoms with Crippen LogP contribution in [0.4, 0.5) is 0 Å². The van der Waals surface area contributed by atoms with Gasteiger partial charge < -0.3 is 14.4 Å². The molecule has 0 radical (unpaired) electrons. The molecule has 0 N–H and O–H groups in total. The minimum absolute atomic E-state index is 0.494. The molecule has 0 saturated heterocycles. The molecule has 0 aromatic heterocycles. The largest absolute Gasteiger partial charge is 0.544 e. The van der Waals surface area contributed by atoms with Crippen molar-refractivity contribution in [3.05, 3.63) is 0 Å². The summed E-state index contributed by atoms with van der Waals surface area (Å²) in [6.45, 7) is 6.98. The van der Waals surface area contributed by atoms with E-state index < -0.39 is 11.5 Å². The summed E-state index contributed by atoms with van der Waals surface area (Å²) in [5.74, 6) is -0.904. The second kappa shape index (κ2) is 13.6. The fraction of sp³-hybridized carbons (Fsp3) is 0.955. The third-order valence-corrected chi connectivity index (χ3v) is 6.33. The molecule has 150 valence electrons. The first-order valence-electron chi connectivity index (χ1n) is 10.9. The van der Waals surface area contributed by atoms with E-state index in [0.717, 1.165) is 19.4 Å². The fourth-order valence-corrected chi connectivity index (χ4v) is 3.49. The molecule has 0 saturated carbocycles. The topological polar surface area (TPSA) is 40.1 Å². The van der Waals surface area contributed by atoms with Crippen LogP contribution >= 0.6 is 0 Å². The van der Waals surface area contributed by atoms with Gasteiger partial charge in [-0.05, 0) is 20.3 Å². The highest BCUT2D eigenvalue weighted by Gasteiger charge is 2.40. The first kappa shape index (κ1) is 24.4. The van der Waals surface area contributed by atoms with Gasteiger partial charge in [-0.1, -0.05) is 84.0 Å². The van der Waals surface area contributed by atoms with Crippen molar-refractivity contribution >= 4 is 5.97 Å². The molecule has 1 atom stereocenters. The molecule has 0 heterocycles. The molecule has 0 rings (SSSR count). The van der Waals surface area contributed by atoms with Crippen LogP contribution in [0.15, 0.2) is 0 Å². The Morgan fingerprint density at radius 3 is 1.44 bits per heavy atom. The maximum atomic E-state index is 11.6. The van der Waals surface area contributed by atoms with Gasteiger partial charge in [0, 0.05) is 6.42 Å². The Balaban J connectivity index is 3.67. The average Bonchev–Trinajstić information content (AvgIpc) is 2.58. The molecule has 1 unspecified atom stereocenters. The number of carboxylic acids is 1. The average molecular weight is 356 g/mol. The highest BCUT2D eigenvalue weighted by molar-refractivity contribution is 5.74. The van der Waals surface area contributed by atoms with Gasteiger partial charge >= 0.3 is 0 Å². The van der Waals surface area contributed by atoms with Gasteiger partial charge in [-0.3, -0.25) is 0 Å². The van der Waals surface area contributed by atoms with Crippen LogP contribution < -0.4 is 5.11 Å². The van der Waals surface area contributed by atoms with Crippen molar-refractivity contribution in [3.8, 4) is 0 Å². The van der Waals surface area contributed by atoms with E-state index in [0.29, 0.717) is 10.9 Å². The SMILES string of the molecule is CCCCCCCCCCCCCCCC(C)(C(=O)[O-])[N+](C)(C)CC. The Morgan fingerprint density at radius 1 is 0.760 bits per heavy atom. The molecule has 0 spiro atoms. The Hall–Kier alpha value is -0.570. The molecule has 0 aromatic carbocycles. The van der Waals surface area contributed by atoms with Gasteiger partial charge in [0.15, 0.2) is 0 Å². The van der Waals surface area contributed by atoms with Gasteiger partial charge in [-0.2, -0.15) is 0 Å². The molecule has 0 aliphatic rings. The third kappa shape index (κ3) is 9.63. The molecule has 3 heteroatoms. The summed E-state index contributed by atoms with van der Waals surface area (Å²) in [7, 11) is 4.00. The van der Waals surface area contributed by atoms with Crippen molar-refractivity contribution in [3.63, 3.8) is 0 Å². The van der Waals surface area contributed by atoms with Crippen molar-refractivity contribution in [2.75, 3.05) is 20.6 Å². The number of likely N-dealkylation sites (N-methyl/N-ethyl adjacent to an activating group) is 1. The van der Waals surface area contributed by atoms with Gasteiger partial charge in [-0.25, -0.2) is 0 Å². The summed E-state index contributed by atoms with van der Waals surface area (Å²) in [6, 6.07) is 0. The zero-order valence-electron chi connectivity index (χ0n) is 17.9. The second-order valence-corrected chi connectivity index (χ2v) is 8.56. The quantitative estimate of drug-likeness (QED) is 0.270. The predicted octanol–water partition coefficient (Wildman–Crippen LogP) is 5.07. The van der Waals surface area contributed by atoms with E-state index >= 15 is 0 Å². The van der Waals surface area contributed by atoms with E-state index in [2.05, 4.69) is 6.92 Å². The van der Waals surface area contributed by atoms with Gasteiger partial charge in [0.1, 0.15) is 11.5 Å². The number of hydrogen-bond acceptors (Lipinski definition) is 2. The number of rotatable bonds is 17. The van der Waals surface area contributed by atoms with Gasteiger partial charge in [0.05, 0.1) is 20.6 Å². The molecular weight excluding hydrogens is 310 g/mol. The molecule has 0 amide bonds. The number of nitrogens with zero attached hydrogens (tertiary/aromatic N) is 1. The zero-order chi connectivity index (χ0) is 19.2. The number of quaternary nitrogens is 1. The normalized spacial score (nSPS) is 14.4. The Bertz CT molecular complexity index is 341. The van der Waals surface area contributed by atoms with Crippen LogP contribution in [-0.4, -0.2) is 36.6 Å². The Morgan fingerprint density at radius 2 is 1.12 bits per heavy atom. The van der Waals surface area contributed by atoms with Crippen LogP contribution in [0.2, 0.25) is 0 Å². The highest BCUT2D eigenvalue weighted by atomic mass is 16.4. The summed E-state index contributed by atoms with van der Waals surface area (Å²) in [5, 5.41) is 11.6. The lowest BCUT2D eigenvalue weighted by Crippen LogP contribution is -2.66. The van der Waals surface area contributed by atoms with E-state index in [1.807, 2.05) is 27.9 Å². The number of aliphatic carboxylic acids is 1. The van der Waals surface area contributed by atoms with Crippen molar-refractivity contribution in [1.29, 1.82) is 0 Å². The number of hydrogen-bond donors (Lipinski definition) is 0. The molecule has 0 aliphatic heterocycles. The van der Waals surface area contributed by atoms with Crippen LogP contribution in [0.25, 0.3) is 0 Å². The van der Waals surface area contributed by atoms with E-state index in [-0.39, 0.29) is 0 Å². The maximum Gasteiger partial charge on any atom is 0.136 e. The minimum atomic E-state index is -0.904. The number of carbonyl (C=O) groups excluding carboxylic acids is 1. The minimum Gasteiger partial charge on any atom is -0.544 e. The van der Waals surface area contributed by atoms with E-state index in [9.17, 15) is 9.90 Å². The van der Waals surface area contributed by atoms with E-state index in [4.69, 9.17) is 0 Å². The summed E-state index contributed by atoms with van der Waals surface area (Å²) >= 11 is 0. The first-order chi connectivity index (χ1) is 11.8. The summed E-state index contributed by atoms with van der Waals surface area (Å²) in [4.78, 5) is 11.6. The molecule has 0 aliphatic carbocycles. The molecule has 3 nitrogen and oxygen atoms in total. The zero-order valence-corrected chi connectivity index (χ0v) is 17.9. The van der Waals surface area contributed by atoms with Gasteiger partial charge in [0.25, 0.3) is 0 Å². The predicted molar refractivity (Wildman–Crippen MR) is 106 cm³/mol. The summed E-state index contributed by atoms with van der Waals surface area (Å²) in [6.07, 6.45) is 17.8. The van der Waals surface area contributed by atoms with Crippen LogP contribution in [0, 0.1) is 0 Å². The fourth-order valence-electron chi connectivity index (χ4n) is 3.49. The van der Waals surface area contributed by atoms with Crippen LogP contribution in [0.3, 0.4) is 0 Å². The second-order valence-electron chi connectivity index (χ2n) is 8.56.